The Hall–Kier alpha value is -1.05. The maximum absolute atomic E-state index is 11.2. The molecule has 0 amide bonds. The number of alkyl halides is 1. The van der Waals surface area contributed by atoms with Crippen LogP contribution in [0.25, 0.3) is 0 Å². The van der Waals surface area contributed by atoms with Gasteiger partial charge in [-0.3, -0.25) is 4.79 Å². The highest BCUT2D eigenvalue weighted by molar-refractivity contribution is 9.10. The number of methoxy groups -OCH3 is 1. The van der Waals surface area contributed by atoms with Crippen molar-refractivity contribution in [3.63, 3.8) is 0 Å². The van der Waals surface area contributed by atoms with Crippen molar-refractivity contribution in [2.75, 3.05) is 7.11 Å². The van der Waals surface area contributed by atoms with Crippen LogP contribution in [-0.4, -0.2) is 13.1 Å². The quantitative estimate of drug-likeness (QED) is 0.637. The van der Waals surface area contributed by atoms with Gasteiger partial charge < -0.3 is 4.74 Å². The van der Waals surface area contributed by atoms with Crippen LogP contribution in [0.5, 0.6) is 0 Å². The van der Waals surface area contributed by atoms with Gasteiger partial charge in [0.2, 0.25) is 0 Å². The van der Waals surface area contributed by atoms with Crippen molar-refractivity contribution < 1.29 is 9.53 Å². The molecule has 0 aliphatic heterocycles. The minimum Gasteiger partial charge on any atom is -0.469 e. The fourth-order valence-corrected chi connectivity index (χ4v) is 2.31. The highest BCUT2D eigenvalue weighted by Crippen LogP contribution is 2.26. The fourth-order valence-electron chi connectivity index (χ4n) is 1.33. The van der Waals surface area contributed by atoms with Crippen molar-refractivity contribution in [3.8, 4) is 6.07 Å². The molecule has 5 heteroatoms. The van der Waals surface area contributed by atoms with Gasteiger partial charge in [-0.15, -0.1) is 11.6 Å². The zero-order valence-electron chi connectivity index (χ0n) is 8.59. The summed E-state index contributed by atoms with van der Waals surface area (Å²) < 4.78 is 5.38. The molecule has 84 valence electrons. The Morgan fingerprint density at radius 3 is 2.75 bits per heavy atom. The number of carbonyl (C=O) groups excluding carboxylic acids is 1. The lowest BCUT2D eigenvalue weighted by Crippen LogP contribution is -2.08. The van der Waals surface area contributed by atoms with Crippen molar-refractivity contribution >= 4 is 33.5 Å². The second-order valence-electron chi connectivity index (χ2n) is 3.05. The number of esters is 1. The molecule has 16 heavy (non-hydrogen) atoms. The summed E-state index contributed by atoms with van der Waals surface area (Å²) in [5, 5.41) is 8.95. The molecular formula is C11H9BrClNO2. The predicted molar refractivity (Wildman–Crippen MR) is 64.1 cm³/mol. The number of ether oxygens (including phenoxy) is 1. The molecule has 0 bridgehead atoms. The van der Waals surface area contributed by atoms with E-state index < -0.39 is 0 Å². The molecule has 0 N–H and O–H groups in total. The van der Waals surface area contributed by atoms with Gasteiger partial charge in [-0.25, -0.2) is 0 Å². The van der Waals surface area contributed by atoms with E-state index in [1.165, 1.54) is 7.11 Å². The van der Waals surface area contributed by atoms with E-state index in [-0.39, 0.29) is 18.3 Å². The van der Waals surface area contributed by atoms with Gasteiger partial charge >= 0.3 is 5.97 Å². The number of halogens is 2. The van der Waals surface area contributed by atoms with Crippen LogP contribution in [0, 0.1) is 11.3 Å². The van der Waals surface area contributed by atoms with Gasteiger partial charge in [0.1, 0.15) is 0 Å². The number of hydrogen-bond acceptors (Lipinski definition) is 3. The molecule has 0 fully saturated rings. The number of rotatable bonds is 3. The third-order valence-corrected chi connectivity index (χ3v) is 3.19. The Labute approximate surface area is 107 Å². The molecule has 0 radical (unpaired) electrons. The van der Waals surface area contributed by atoms with E-state index in [1.54, 1.807) is 12.1 Å². The molecule has 0 aliphatic rings. The Morgan fingerprint density at radius 2 is 2.25 bits per heavy atom. The monoisotopic (exact) mass is 301 g/mol. The summed E-state index contributed by atoms with van der Waals surface area (Å²) in [6.45, 7) is 0. The van der Waals surface area contributed by atoms with Gasteiger partial charge in [0.15, 0.2) is 0 Å². The number of benzene rings is 1. The summed E-state index contributed by atoms with van der Waals surface area (Å²) in [6, 6.07) is 5.44. The van der Waals surface area contributed by atoms with Crippen molar-refractivity contribution in [3.05, 3.63) is 33.3 Å². The number of nitriles is 1. The number of carbonyl (C=O) groups is 1. The lowest BCUT2D eigenvalue weighted by Gasteiger charge is -2.10. The van der Waals surface area contributed by atoms with Crippen molar-refractivity contribution in [1.29, 1.82) is 5.26 Å². The van der Waals surface area contributed by atoms with Crippen LogP contribution in [0.2, 0.25) is 0 Å². The van der Waals surface area contributed by atoms with E-state index in [0.29, 0.717) is 11.1 Å². The first kappa shape index (κ1) is 13.0. The zero-order valence-corrected chi connectivity index (χ0v) is 10.9. The van der Waals surface area contributed by atoms with E-state index in [9.17, 15) is 4.79 Å². The summed E-state index contributed by atoms with van der Waals surface area (Å²) in [5.74, 6) is -0.149. The smallest absolute Gasteiger partial charge is 0.310 e. The van der Waals surface area contributed by atoms with Crippen LogP contribution in [0.1, 0.15) is 16.7 Å². The van der Waals surface area contributed by atoms with Gasteiger partial charge in [-0.2, -0.15) is 5.26 Å². The first-order valence-corrected chi connectivity index (χ1v) is 5.80. The minimum atomic E-state index is -0.388. The molecule has 0 aliphatic carbocycles. The lowest BCUT2D eigenvalue weighted by molar-refractivity contribution is -0.139. The van der Waals surface area contributed by atoms with Gasteiger partial charge in [0.25, 0.3) is 0 Å². The van der Waals surface area contributed by atoms with E-state index in [2.05, 4.69) is 20.7 Å². The van der Waals surface area contributed by atoms with Gasteiger partial charge in [0.05, 0.1) is 25.2 Å². The summed E-state index contributed by atoms with van der Waals surface area (Å²) in [5.41, 5.74) is 1.83. The molecule has 0 atom stereocenters. The first-order valence-electron chi connectivity index (χ1n) is 4.47. The van der Waals surface area contributed by atoms with Gasteiger partial charge in [-0.05, 0) is 23.3 Å². The van der Waals surface area contributed by atoms with Crippen LogP contribution in [0.3, 0.4) is 0 Å². The average molecular weight is 303 g/mol. The molecule has 0 saturated heterocycles. The normalized spacial score (nSPS) is 9.62. The highest BCUT2D eigenvalue weighted by atomic mass is 79.9. The van der Waals surface area contributed by atoms with E-state index in [1.807, 2.05) is 6.07 Å². The molecule has 0 spiro atoms. The summed E-state index contributed by atoms with van der Waals surface area (Å²) in [6.07, 6.45) is 0.0564. The van der Waals surface area contributed by atoms with E-state index in [0.717, 1.165) is 10.0 Å². The zero-order chi connectivity index (χ0) is 12.1. The standard InChI is InChI=1S/C11H9BrClNO2/c1-16-11(15)4-8-7(6-14)2-3-10(12)9(8)5-13/h2-3H,4-5H2,1H3. The molecule has 0 aromatic heterocycles. The minimum absolute atomic E-state index is 0.0564. The Kier molecular flexibility index (Phi) is 4.78. The molecule has 0 heterocycles. The van der Waals surface area contributed by atoms with Gasteiger partial charge in [0, 0.05) is 10.4 Å². The molecule has 1 aromatic carbocycles. The number of nitrogens with zero attached hydrogens (tertiary/aromatic N) is 1. The van der Waals surface area contributed by atoms with Crippen LogP contribution >= 0.6 is 27.5 Å². The summed E-state index contributed by atoms with van der Waals surface area (Å²) >= 11 is 9.14. The maximum Gasteiger partial charge on any atom is 0.310 e. The molecule has 1 rings (SSSR count). The molecule has 0 unspecified atom stereocenters. The van der Waals surface area contributed by atoms with E-state index >= 15 is 0 Å². The van der Waals surface area contributed by atoms with Crippen LogP contribution < -0.4 is 0 Å². The molecule has 1 aromatic rings. The Bertz CT molecular complexity index is 454. The Morgan fingerprint density at radius 1 is 1.56 bits per heavy atom. The maximum atomic E-state index is 11.2. The molecular weight excluding hydrogens is 293 g/mol. The fraction of sp³-hybridized carbons (Fsp3) is 0.273. The third-order valence-electron chi connectivity index (χ3n) is 2.18. The second-order valence-corrected chi connectivity index (χ2v) is 4.17. The van der Waals surface area contributed by atoms with Crippen molar-refractivity contribution in [2.24, 2.45) is 0 Å². The van der Waals surface area contributed by atoms with Crippen LogP contribution in [0.15, 0.2) is 16.6 Å². The highest BCUT2D eigenvalue weighted by Gasteiger charge is 2.15. The van der Waals surface area contributed by atoms with Crippen molar-refractivity contribution in [2.45, 2.75) is 12.3 Å². The molecule has 0 saturated carbocycles. The van der Waals surface area contributed by atoms with Crippen LogP contribution in [-0.2, 0) is 21.8 Å². The SMILES string of the molecule is COC(=O)Cc1c(C#N)ccc(Br)c1CCl. The predicted octanol–water partition coefficient (Wildman–Crippen LogP) is 2.78. The third kappa shape index (κ3) is 2.75. The summed E-state index contributed by atoms with van der Waals surface area (Å²) in [7, 11) is 1.31. The average Bonchev–Trinajstić information content (AvgIpc) is 2.29. The second kappa shape index (κ2) is 5.88. The van der Waals surface area contributed by atoms with E-state index in [4.69, 9.17) is 16.9 Å². The topological polar surface area (TPSA) is 50.1 Å². The Balaban J connectivity index is 3.26. The molecule has 3 nitrogen and oxygen atoms in total. The summed E-state index contributed by atoms with van der Waals surface area (Å²) in [4.78, 5) is 11.2. The van der Waals surface area contributed by atoms with Crippen molar-refractivity contribution in [1.82, 2.24) is 0 Å². The lowest BCUT2D eigenvalue weighted by atomic mass is 10.00. The largest absolute Gasteiger partial charge is 0.469 e. The number of hydrogen-bond donors (Lipinski definition) is 0. The van der Waals surface area contributed by atoms with Crippen LogP contribution in [0.4, 0.5) is 0 Å². The van der Waals surface area contributed by atoms with Gasteiger partial charge in [-0.1, -0.05) is 15.9 Å². The first-order chi connectivity index (χ1) is 7.63.